The summed E-state index contributed by atoms with van der Waals surface area (Å²) in [6.45, 7) is 4.67. The molecule has 0 heterocycles. The van der Waals surface area contributed by atoms with Gasteiger partial charge in [-0.05, 0) is 0 Å². The summed E-state index contributed by atoms with van der Waals surface area (Å²) in [4.78, 5) is 0. The van der Waals surface area contributed by atoms with Crippen LogP contribution in [-0.4, -0.2) is 7.11 Å². The largest absolute Gasteiger partial charge is 3.00 e. The molecule has 0 fully saturated rings. The van der Waals surface area contributed by atoms with E-state index >= 15 is 0 Å². The second-order valence-electron chi connectivity index (χ2n) is 5.63. The molecule has 0 bridgehead atoms. The Morgan fingerprint density at radius 3 is 2.26 bits per heavy atom. The Hall–Kier alpha value is -0.787. The van der Waals surface area contributed by atoms with Gasteiger partial charge in [0.1, 0.15) is 0 Å². The number of ether oxygens (including phenoxy) is 1. The summed E-state index contributed by atoms with van der Waals surface area (Å²) in [5, 5.41) is 5.27. The number of benzene rings is 2. The molecule has 1 nitrogen and oxygen atoms in total. The molecule has 0 saturated heterocycles. The van der Waals surface area contributed by atoms with Crippen LogP contribution in [0, 0.1) is 12.5 Å². The van der Waals surface area contributed by atoms with Gasteiger partial charge in [-0.1, -0.05) is 35.9 Å². The van der Waals surface area contributed by atoms with Crippen molar-refractivity contribution < 1.29 is 30.9 Å². The van der Waals surface area contributed by atoms with E-state index in [-0.39, 0.29) is 51.0 Å². The van der Waals surface area contributed by atoms with Crippen LogP contribution in [0.1, 0.15) is 25.8 Å². The molecule has 1 aliphatic rings. The third kappa shape index (κ3) is 8.40. The van der Waals surface area contributed by atoms with Crippen LogP contribution in [0.15, 0.2) is 66.8 Å². The van der Waals surface area contributed by atoms with E-state index < -0.39 is 0 Å². The topological polar surface area (TPSA) is 9.23 Å². The Morgan fingerprint density at radius 2 is 1.70 bits per heavy atom. The van der Waals surface area contributed by atoms with Crippen LogP contribution in [0.25, 0.3) is 21.5 Å². The summed E-state index contributed by atoms with van der Waals surface area (Å²) in [5.74, 6) is 0. The van der Waals surface area contributed by atoms with Gasteiger partial charge in [0.15, 0.2) is 0 Å². The van der Waals surface area contributed by atoms with Crippen molar-refractivity contribution in [3.8, 4) is 0 Å². The van der Waals surface area contributed by atoms with Crippen molar-refractivity contribution in [3.05, 3.63) is 84.8 Å². The Kier molecular flexibility index (Phi) is 17.0. The molecule has 0 spiro atoms. The molecule has 27 heavy (non-hydrogen) atoms. The van der Waals surface area contributed by atoms with Crippen molar-refractivity contribution in [3.63, 3.8) is 0 Å². The molecule has 3 aromatic carbocycles. The van der Waals surface area contributed by atoms with Gasteiger partial charge >= 0.3 is 26.2 Å². The molecule has 0 N–H and O–H groups in total. The van der Waals surface area contributed by atoms with Crippen LogP contribution in [0.3, 0.4) is 0 Å². The average Bonchev–Trinajstić information content (AvgIpc) is 3.27. The smallest absolute Gasteiger partial charge is 0.381 e. The number of hydrogen-bond acceptors (Lipinski definition) is 1. The predicted octanol–water partition coefficient (Wildman–Crippen LogP) is 7.24. The minimum Gasteiger partial charge on any atom is -0.381 e. The molecule has 0 aliphatic heterocycles. The maximum absolute atomic E-state index is 5.25. The molecule has 1 radical (unpaired) electrons. The van der Waals surface area contributed by atoms with Crippen LogP contribution in [0.2, 0.25) is 0 Å². The van der Waals surface area contributed by atoms with Gasteiger partial charge in [0, 0.05) is 7.11 Å². The van der Waals surface area contributed by atoms with Gasteiger partial charge in [-0.3, -0.25) is 6.08 Å². The average molecular weight is 482 g/mol. The van der Waals surface area contributed by atoms with E-state index in [4.69, 9.17) is 4.74 Å². The maximum atomic E-state index is 5.25. The SMILES string of the molecule is COCc1cccc2[cH-]c3ccccc3c12.C[CH-]C.Cl.Cl.[C-]1=CC=CC1.[Zr+3]. The van der Waals surface area contributed by atoms with Gasteiger partial charge in [-0.2, -0.15) is 19.9 Å². The van der Waals surface area contributed by atoms with Crippen LogP contribution in [-0.2, 0) is 37.5 Å². The molecule has 143 valence electrons. The van der Waals surface area contributed by atoms with E-state index in [1.807, 2.05) is 32.4 Å². The monoisotopic (exact) mass is 479 g/mol. The quantitative estimate of drug-likeness (QED) is 0.351. The normalized spacial score (nSPS) is 10.6. The van der Waals surface area contributed by atoms with Crippen molar-refractivity contribution >= 4 is 46.4 Å². The molecular formula is C23H27Cl2OZr. The Bertz CT molecular complexity index is 811. The van der Waals surface area contributed by atoms with Crippen molar-refractivity contribution in [2.24, 2.45) is 0 Å². The zero-order valence-corrected chi connectivity index (χ0v) is 20.2. The van der Waals surface area contributed by atoms with E-state index in [1.54, 1.807) is 7.11 Å². The van der Waals surface area contributed by atoms with Gasteiger partial charge < -0.3 is 11.2 Å². The second kappa shape index (κ2) is 16.2. The van der Waals surface area contributed by atoms with E-state index in [1.165, 1.54) is 27.1 Å². The zero-order chi connectivity index (χ0) is 17.2. The van der Waals surface area contributed by atoms with E-state index in [0.29, 0.717) is 6.61 Å². The van der Waals surface area contributed by atoms with Crippen LogP contribution in [0.4, 0.5) is 0 Å². The zero-order valence-electron chi connectivity index (χ0n) is 16.1. The fourth-order valence-electron chi connectivity index (χ4n) is 2.70. The molecule has 0 amide bonds. The van der Waals surface area contributed by atoms with Gasteiger partial charge in [-0.25, -0.2) is 12.2 Å². The van der Waals surface area contributed by atoms with E-state index in [0.717, 1.165) is 6.42 Å². The van der Waals surface area contributed by atoms with Gasteiger partial charge in [0.25, 0.3) is 0 Å². The van der Waals surface area contributed by atoms with Gasteiger partial charge in [0.2, 0.25) is 0 Å². The molecule has 0 aromatic heterocycles. The Balaban J connectivity index is 0. The number of allylic oxidation sites excluding steroid dienone is 4. The first-order chi connectivity index (χ1) is 11.8. The molecule has 4 rings (SSSR count). The van der Waals surface area contributed by atoms with E-state index in [9.17, 15) is 0 Å². The fourth-order valence-corrected chi connectivity index (χ4v) is 2.70. The minimum absolute atomic E-state index is 0. The number of methoxy groups -OCH3 is 1. The molecule has 0 unspecified atom stereocenters. The fraction of sp³-hybridized carbons (Fsp3) is 0.217. The van der Waals surface area contributed by atoms with Crippen LogP contribution >= 0.6 is 24.8 Å². The molecule has 3 aromatic rings. The maximum Gasteiger partial charge on any atom is 3.00 e. The molecule has 0 atom stereocenters. The van der Waals surface area contributed by atoms with Crippen molar-refractivity contribution in [1.82, 2.24) is 0 Å². The minimum atomic E-state index is 0. The van der Waals surface area contributed by atoms with E-state index in [2.05, 4.69) is 60.7 Å². The molecule has 4 heteroatoms. The summed E-state index contributed by atoms with van der Waals surface area (Å²) in [7, 11) is 1.74. The first kappa shape index (κ1) is 28.4. The Labute approximate surface area is 195 Å². The van der Waals surface area contributed by atoms with Crippen LogP contribution < -0.4 is 0 Å². The van der Waals surface area contributed by atoms with Crippen molar-refractivity contribution in [2.45, 2.75) is 26.9 Å². The number of rotatable bonds is 2. The van der Waals surface area contributed by atoms with Gasteiger partial charge in [0.05, 0.1) is 6.61 Å². The molecule has 1 aliphatic carbocycles. The number of halogens is 2. The number of fused-ring (bicyclic) bond motifs is 3. The molecular weight excluding hydrogens is 454 g/mol. The summed E-state index contributed by atoms with van der Waals surface area (Å²) >= 11 is 0. The third-order valence-electron chi connectivity index (χ3n) is 3.61. The van der Waals surface area contributed by atoms with Crippen LogP contribution in [0.5, 0.6) is 0 Å². The Morgan fingerprint density at radius 1 is 1.04 bits per heavy atom. The summed E-state index contributed by atoms with van der Waals surface area (Å²) in [6, 6.07) is 17.1. The summed E-state index contributed by atoms with van der Waals surface area (Å²) in [5.41, 5.74) is 1.27. The second-order valence-corrected chi connectivity index (χ2v) is 5.63. The van der Waals surface area contributed by atoms with Crippen molar-refractivity contribution in [1.29, 1.82) is 0 Å². The number of hydrogen-bond donors (Lipinski definition) is 0. The predicted molar refractivity (Wildman–Crippen MR) is 119 cm³/mol. The van der Waals surface area contributed by atoms with Crippen molar-refractivity contribution in [2.75, 3.05) is 7.11 Å². The summed E-state index contributed by atoms with van der Waals surface area (Å²) < 4.78 is 5.25. The first-order valence-corrected chi connectivity index (χ1v) is 8.32. The standard InChI is InChI=1S/C15H13O.C5H5.C3H7.2ClH.Zr/c1-16-10-13-7-4-6-12-9-11-5-2-3-8-14(11)15(12)13;1-2-4-5-3-1;1-3-2;;;/h2-9H,10H2,1H3;1-3H,4H2;3H,1-2H3;2*1H;/q3*-1;;;+3. The molecule has 0 saturated carbocycles. The third-order valence-corrected chi connectivity index (χ3v) is 3.61. The van der Waals surface area contributed by atoms with Gasteiger partial charge in [-0.15, -0.1) is 71.0 Å². The first-order valence-electron chi connectivity index (χ1n) is 8.32. The summed E-state index contributed by atoms with van der Waals surface area (Å²) in [6.07, 6.45) is 12.0.